The molecule has 3 fully saturated rings. The Labute approximate surface area is 185 Å². The number of nitrogens with zero attached hydrogens (tertiary/aromatic N) is 5. The molecule has 3 aliphatic rings. The van der Waals surface area contributed by atoms with Crippen molar-refractivity contribution in [1.82, 2.24) is 24.3 Å². The Morgan fingerprint density at radius 1 is 1.35 bits per heavy atom. The number of alkyl halides is 1. The quantitative estimate of drug-likeness (QED) is 0.709. The molecule has 0 N–H and O–H groups in total. The lowest BCUT2D eigenvalue weighted by Crippen LogP contribution is -2.42. The number of aromatic nitrogens is 3. The number of aryl methyl sites for hydroxylation is 1. The van der Waals surface area contributed by atoms with Crippen molar-refractivity contribution in [1.29, 1.82) is 0 Å². The van der Waals surface area contributed by atoms with Crippen molar-refractivity contribution in [3.63, 3.8) is 0 Å². The second kappa shape index (κ2) is 7.12. The minimum absolute atomic E-state index is 0.0289. The molecule has 31 heavy (non-hydrogen) atoms. The second-order valence-electron chi connectivity index (χ2n) is 9.53. The van der Waals surface area contributed by atoms with Gasteiger partial charge >= 0.3 is 0 Å². The molecule has 0 bridgehead atoms. The molecule has 2 aromatic rings. The monoisotopic (exact) mass is 445 g/mol. The molecule has 7 nitrogen and oxygen atoms in total. The number of carbonyl (C=O) groups excluding carboxylic acids is 2. The van der Waals surface area contributed by atoms with Gasteiger partial charge in [0.05, 0.1) is 34.7 Å². The van der Waals surface area contributed by atoms with Crippen LogP contribution in [0.4, 0.5) is 4.39 Å². The van der Waals surface area contributed by atoms with Crippen LogP contribution in [0.3, 0.4) is 0 Å². The van der Waals surface area contributed by atoms with Crippen molar-refractivity contribution in [2.45, 2.75) is 64.2 Å². The molecule has 0 radical (unpaired) electrons. The van der Waals surface area contributed by atoms with Crippen LogP contribution < -0.4 is 0 Å². The van der Waals surface area contributed by atoms with Crippen molar-refractivity contribution in [3.8, 4) is 0 Å². The first-order valence-corrected chi connectivity index (χ1v) is 11.8. The van der Waals surface area contributed by atoms with Crippen molar-refractivity contribution in [2.24, 2.45) is 5.41 Å². The van der Waals surface area contributed by atoms with Gasteiger partial charge < -0.3 is 14.4 Å². The molecule has 1 spiro atoms. The largest absolute Gasteiger partial charge is 0.338 e. The molecule has 2 atom stereocenters. The molecular formula is C22H28FN5O2S. The number of halogens is 1. The Morgan fingerprint density at radius 2 is 2.13 bits per heavy atom. The number of hydrogen-bond donors (Lipinski definition) is 0. The number of amides is 2. The zero-order valence-corrected chi connectivity index (χ0v) is 19.0. The molecule has 5 rings (SSSR count). The minimum Gasteiger partial charge on any atom is -0.338 e. The SMILES string of the molecule is Cc1nc(CN2CC[C@]3(CN(C(=O)C4(F)CC4)C[C@H]3c3cn(C(C)C)cn3)C2=O)cs1. The lowest BCUT2D eigenvalue weighted by atomic mass is 9.75. The van der Waals surface area contributed by atoms with E-state index in [1.807, 2.05) is 28.0 Å². The third kappa shape index (κ3) is 3.37. The summed E-state index contributed by atoms with van der Waals surface area (Å²) in [4.78, 5) is 39.1. The van der Waals surface area contributed by atoms with E-state index in [0.29, 0.717) is 26.1 Å². The zero-order chi connectivity index (χ0) is 22.0. The van der Waals surface area contributed by atoms with Gasteiger partial charge in [-0.05, 0) is 40.0 Å². The Morgan fingerprint density at radius 3 is 2.74 bits per heavy atom. The molecule has 2 saturated heterocycles. The lowest BCUT2D eigenvalue weighted by molar-refractivity contribution is -0.139. The van der Waals surface area contributed by atoms with Gasteiger partial charge in [0, 0.05) is 43.2 Å². The molecule has 2 amide bonds. The molecule has 2 aliphatic heterocycles. The topological polar surface area (TPSA) is 71.3 Å². The first-order chi connectivity index (χ1) is 14.7. The van der Waals surface area contributed by atoms with Crippen LogP contribution in [0.1, 0.15) is 61.5 Å². The summed E-state index contributed by atoms with van der Waals surface area (Å²) in [6.45, 7) is 7.79. The van der Waals surface area contributed by atoms with Gasteiger partial charge in [-0.3, -0.25) is 9.59 Å². The molecule has 0 aromatic carbocycles. The van der Waals surface area contributed by atoms with Crippen LogP contribution >= 0.6 is 11.3 Å². The fraction of sp³-hybridized carbons (Fsp3) is 0.636. The highest BCUT2D eigenvalue weighted by Crippen LogP contribution is 2.52. The summed E-state index contributed by atoms with van der Waals surface area (Å²) >= 11 is 1.57. The van der Waals surface area contributed by atoms with Crippen LogP contribution in [-0.4, -0.2) is 61.5 Å². The molecule has 166 valence electrons. The summed E-state index contributed by atoms with van der Waals surface area (Å²) in [5.74, 6) is -0.659. The van der Waals surface area contributed by atoms with E-state index in [1.165, 1.54) is 0 Å². The van der Waals surface area contributed by atoms with Crippen molar-refractivity contribution >= 4 is 23.2 Å². The van der Waals surface area contributed by atoms with E-state index in [1.54, 1.807) is 22.6 Å². The summed E-state index contributed by atoms with van der Waals surface area (Å²) in [7, 11) is 0. The van der Waals surface area contributed by atoms with Crippen molar-refractivity contribution in [3.05, 3.63) is 34.3 Å². The molecular weight excluding hydrogens is 417 g/mol. The molecule has 1 saturated carbocycles. The summed E-state index contributed by atoms with van der Waals surface area (Å²) in [6, 6.07) is 0.251. The Kier molecular flexibility index (Phi) is 4.73. The number of carbonyl (C=O) groups is 2. The fourth-order valence-corrected chi connectivity index (χ4v) is 5.62. The highest BCUT2D eigenvalue weighted by molar-refractivity contribution is 7.09. The molecule has 2 aromatic heterocycles. The first-order valence-electron chi connectivity index (χ1n) is 10.9. The van der Waals surface area contributed by atoms with Gasteiger partial charge in [0.1, 0.15) is 0 Å². The maximum absolute atomic E-state index is 14.6. The van der Waals surface area contributed by atoms with E-state index >= 15 is 0 Å². The summed E-state index contributed by atoms with van der Waals surface area (Å²) in [5.41, 5.74) is -0.776. The van der Waals surface area contributed by atoms with E-state index in [4.69, 9.17) is 0 Å². The van der Waals surface area contributed by atoms with Gasteiger partial charge in [-0.1, -0.05) is 0 Å². The highest BCUT2D eigenvalue weighted by Gasteiger charge is 2.62. The fourth-order valence-electron chi connectivity index (χ4n) is 5.02. The third-order valence-corrected chi connectivity index (χ3v) is 7.86. The van der Waals surface area contributed by atoms with E-state index in [0.717, 1.165) is 16.4 Å². The first kappa shape index (κ1) is 20.6. The second-order valence-corrected chi connectivity index (χ2v) is 10.6. The normalized spacial score (nSPS) is 27.1. The van der Waals surface area contributed by atoms with Crippen LogP contribution in [0.25, 0.3) is 0 Å². The smallest absolute Gasteiger partial charge is 0.260 e. The third-order valence-electron chi connectivity index (χ3n) is 7.04. The average molecular weight is 446 g/mol. The molecule has 0 unspecified atom stereocenters. The Hall–Kier alpha value is -2.29. The van der Waals surface area contributed by atoms with E-state index in [-0.39, 0.29) is 37.3 Å². The van der Waals surface area contributed by atoms with Gasteiger partial charge in [0.15, 0.2) is 5.67 Å². The highest BCUT2D eigenvalue weighted by atomic mass is 32.1. The maximum atomic E-state index is 14.6. The Bertz CT molecular complexity index is 1030. The van der Waals surface area contributed by atoms with Crippen LogP contribution in [0.15, 0.2) is 17.9 Å². The van der Waals surface area contributed by atoms with Crippen LogP contribution in [-0.2, 0) is 16.1 Å². The van der Waals surface area contributed by atoms with Gasteiger partial charge in [-0.15, -0.1) is 11.3 Å². The summed E-state index contributed by atoms with van der Waals surface area (Å²) in [5, 5.41) is 2.96. The average Bonchev–Trinajstić information content (AvgIpc) is 3.16. The van der Waals surface area contributed by atoms with E-state index < -0.39 is 17.0 Å². The Balaban J connectivity index is 1.45. The molecule has 1 aliphatic carbocycles. The van der Waals surface area contributed by atoms with E-state index in [2.05, 4.69) is 23.8 Å². The van der Waals surface area contributed by atoms with Crippen LogP contribution in [0.5, 0.6) is 0 Å². The number of thiazole rings is 1. The van der Waals surface area contributed by atoms with Crippen molar-refractivity contribution < 1.29 is 14.0 Å². The van der Waals surface area contributed by atoms with Gasteiger partial charge in [-0.25, -0.2) is 14.4 Å². The molecule has 9 heteroatoms. The van der Waals surface area contributed by atoms with Crippen molar-refractivity contribution in [2.75, 3.05) is 19.6 Å². The predicted molar refractivity (Wildman–Crippen MR) is 114 cm³/mol. The number of rotatable bonds is 5. The van der Waals surface area contributed by atoms with Crippen LogP contribution in [0, 0.1) is 12.3 Å². The number of imidazole rings is 1. The number of hydrogen-bond acceptors (Lipinski definition) is 5. The predicted octanol–water partition coefficient (Wildman–Crippen LogP) is 3.08. The minimum atomic E-state index is -1.73. The van der Waals surface area contributed by atoms with Crippen LogP contribution in [0.2, 0.25) is 0 Å². The maximum Gasteiger partial charge on any atom is 0.260 e. The van der Waals surface area contributed by atoms with E-state index in [9.17, 15) is 14.0 Å². The lowest BCUT2D eigenvalue weighted by Gasteiger charge is -2.27. The summed E-state index contributed by atoms with van der Waals surface area (Å²) in [6.07, 6.45) is 4.96. The summed E-state index contributed by atoms with van der Waals surface area (Å²) < 4.78 is 16.6. The van der Waals surface area contributed by atoms with Gasteiger partial charge in [0.2, 0.25) is 5.91 Å². The molecule has 4 heterocycles. The van der Waals surface area contributed by atoms with Gasteiger partial charge in [0.25, 0.3) is 5.91 Å². The van der Waals surface area contributed by atoms with Gasteiger partial charge in [-0.2, -0.15) is 0 Å². The standard InChI is InChI=1S/C22H28FN5O2S/c1-14(2)28-10-18(24-13-28)17-9-27(20(30)22(23)4-5-22)12-21(17)6-7-26(19(21)29)8-16-11-31-15(3)25-16/h10-11,13-14,17H,4-9,12H2,1-3H3/t17-,21+/m0/s1. The zero-order valence-electron chi connectivity index (χ0n) is 18.2. The number of likely N-dealkylation sites (tertiary alicyclic amines) is 2.